The van der Waals surface area contributed by atoms with Crippen molar-refractivity contribution in [2.24, 2.45) is 0 Å². The standard InChI is InChI=1S/C14H19ClN2O/c15-13-7-3-2-6-12(13)10-16-11-14(18)17-8-4-1-5-9-17/h2-3,6-7,16H,1,4-5,8-11H2. The molecule has 4 heteroatoms. The van der Waals surface area contributed by atoms with Gasteiger partial charge < -0.3 is 10.2 Å². The third-order valence-corrected chi connectivity index (χ3v) is 3.63. The number of benzene rings is 1. The lowest BCUT2D eigenvalue weighted by Crippen LogP contribution is -2.40. The molecule has 1 N–H and O–H groups in total. The second-order valence-electron chi connectivity index (χ2n) is 4.64. The van der Waals surface area contributed by atoms with E-state index in [1.165, 1.54) is 6.42 Å². The number of carbonyl (C=O) groups is 1. The van der Waals surface area contributed by atoms with Crippen molar-refractivity contribution in [1.29, 1.82) is 0 Å². The molecule has 0 aliphatic carbocycles. The zero-order valence-corrected chi connectivity index (χ0v) is 11.2. The Morgan fingerprint density at radius 2 is 1.94 bits per heavy atom. The first kappa shape index (κ1) is 13.4. The highest BCUT2D eigenvalue weighted by molar-refractivity contribution is 6.31. The summed E-state index contributed by atoms with van der Waals surface area (Å²) in [5, 5.41) is 3.91. The number of piperidine rings is 1. The van der Waals surface area contributed by atoms with E-state index in [2.05, 4.69) is 5.32 Å². The monoisotopic (exact) mass is 266 g/mol. The highest BCUT2D eigenvalue weighted by atomic mass is 35.5. The molecule has 1 aromatic carbocycles. The van der Waals surface area contributed by atoms with Crippen molar-refractivity contribution in [3.8, 4) is 0 Å². The van der Waals surface area contributed by atoms with Crippen LogP contribution in [0.3, 0.4) is 0 Å². The van der Waals surface area contributed by atoms with Gasteiger partial charge in [-0.2, -0.15) is 0 Å². The third-order valence-electron chi connectivity index (χ3n) is 3.26. The molecule has 2 rings (SSSR count). The zero-order valence-electron chi connectivity index (χ0n) is 10.5. The quantitative estimate of drug-likeness (QED) is 0.908. The van der Waals surface area contributed by atoms with E-state index >= 15 is 0 Å². The van der Waals surface area contributed by atoms with Crippen molar-refractivity contribution in [2.75, 3.05) is 19.6 Å². The lowest BCUT2D eigenvalue weighted by molar-refractivity contribution is -0.131. The van der Waals surface area contributed by atoms with Crippen LogP contribution in [0.15, 0.2) is 24.3 Å². The van der Waals surface area contributed by atoms with Crippen molar-refractivity contribution >= 4 is 17.5 Å². The molecule has 0 radical (unpaired) electrons. The molecule has 0 unspecified atom stereocenters. The largest absolute Gasteiger partial charge is 0.342 e. The van der Waals surface area contributed by atoms with Crippen LogP contribution in [-0.4, -0.2) is 30.4 Å². The first-order valence-electron chi connectivity index (χ1n) is 6.49. The van der Waals surface area contributed by atoms with Crippen LogP contribution in [-0.2, 0) is 11.3 Å². The van der Waals surface area contributed by atoms with Gasteiger partial charge in [0.15, 0.2) is 0 Å². The smallest absolute Gasteiger partial charge is 0.236 e. The van der Waals surface area contributed by atoms with Gasteiger partial charge in [-0.15, -0.1) is 0 Å². The highest BCUT2D eigenvalue weighted by Crippen LogP contribution is 2.14. The summed E-state index contributed by atoms with van der Waals surface area (Å²) in [6, 6.07) is 7.70. The summed E-state index contributed by atoms with van der Waals surface area (Å²) in [7, 11) is 0. The molecule has 1 fully saturated rings. The summed E-state index contributed by atoms with van der Waals surface area (Å²) >= 11 is 6.05. The van der Waals surface area contributed by atoms with Gasteiger partial charge in [-0.05, 0) is 30.9 Å². The van der Waals surface area contributed by atoms with Gasteiger partial charge in [0.05, 0.1) is 6.54 Å². The van der Waals surface area contributed by atoms with Crippen LogP contribution in [0.5, 0.6) is 0 Å². The fraction of sp³-hybridized carbons (Fsp3) is 0.500. The van der Waals surface area contributed by atoms with Gasteiger partial charge in [-0.25, -0.2) is 0 Å². The summed E-state index contributed by atoms with van der Waals surface area (Å²) in [4.78, 5) is 13.9. The molecular formula is C14H19ClN2O. The van der Waals surface area contributed by atoms with E-state index in [1.54, 1.807) is 0 Å². The molecule has 1 heterocycles. The van der Waals surface area contributed by atoms with Gasteiger partial charge in [0.2, 0.25) is 5.91 Å². The molecule has 1 aliphatic heterocycles. The van der Waals surface area contributed by atoms with Crippen molar-refractivity contribution in [2.45, 2.75) is 25.8 Å². The SMILES string of the molecule is O=C(CNCc1ccccc1Cl)N1CCCCC1. The second-order valence-corrected chi connectivity index (χ2v) is 5.04. The number of hydrogen-bond acceptors (Lipinski definition) is 2. The lowest BCUT2D eigenvalue weighted by atomic mass is 10.1. The number of amides is 1. The minimum Gasteiger partial charge on any atom is -0.342 e. The molecular weight excluding hydrogens is 248 g/mol. The van der Waals surface area contributed by atoms with E-state index in [1.807, 2.05) is 29.2 Å². The molecule has 1 saturated heterocycles. The number of hydrogen-bond donors (Lipinski definition) is 1. The Balaban J connectivity index is 1.75. The third kappa shape index (κ3) is 3.72. The Morgan fingerprint density at radius 1 is 1.22 bits per heavy atom. The van der Waals surface area contributed by atoms with Gasteiger partial charge in [0.1, 0.15) is 0 Å². The molecule has 18 heavy (non-hydrogen) atoms. The maximum atomic E-state index is 11.9. The van der Waals surface area contributed by atoms with Gasteiger partial charge in [0, 0.05) is 24.7 Å². The Kier molecular flexibility index (Phi) is 5.02. The topological polar surface area (TPSA) is 32.3 Å². The van der Waals surface area contributed by atoms with E-state index < -0.39 is 0 Å². The molecule has 98 valence electrons. The van der Waals surface area contributed by atoms with Crippen molar-refractivity contribution in [3.05, 3.63) is 34.9 Å². The summed E-state index contributed by atoms with van der Waals surface area (Å²) in [6.07, 6.45) is 3.52. The highest BCUT2D eigenvalue weighted by Gasteiger charge is 2.15. The van der Waals surface area contributed by atoms with E-state index in [0.29, 0.717) is 13.1 Å². The Hall–Kier alpha value is -1.06. The maximum Gasteiger partial charge on any atom is 0.236 e. The molecule has 1 amide bonds. The van der Waals surface area contributed by atoms with Gasteiger partial charge in [-0.3, -0.25) is 4.79 Å². The molecule has 3 nitrogen and oxygen atoms in total. The molecule has 1 aliphatic rings. The van der Waals surface area contributed by atoms with Crippen LogP contribution in [0.4, 0.5) is 0 Å². The van der Waals surface area contributed by atoms with E-state index in [-0.39, 0.29) is 5.91 Å². The summed E-state index contributed by atoms with van der Waals surface area (Å²) in [5.41, 5.74) is 1.03. The Morgan fingerprint density at radius 3 is 2.67 bits per heavy atom. The number of carbonyl (C=O) groups excluding carboxylic acids is 1. The Labute approximate surface area is 113 Å². The van der Waals surface area contributed by atoms with Gasteiger partial charge >= 0.3 is 0 Å². The maximum absolute atomic E-state index is 11.9. The number of nitrogens with one attached hydrogen (secondary N) is 1. The van der Waals surface area contributed by atoms with Crippen molar-refractivity contribution < 1.29 is 4.79 Å². The fourth-order valence-corrected chi connectivity index (χ4v) is 2.40. The summed E-state index contributed by atoms with van der Waals surface area (Å²) in [6.45, 7) is 2.85. The van der Waals surface area contributed by atoms with Crippen LogP contribution in [0.25, 0.3) is 0 Å². The van der Waals surface area contributed by atoms with E-state index in [9.17, 15) is 4.79 Å². The molecule has 0 spiro atoms. The average molecular weight is 267 g/mol. The van der Waals surface area contributed by atoms with E-state index in [4.69, 9.17) is 11.6 Å². The van der Waals surface area contributed by atoms with Crippen molar-refractivity contribution in [3.63, 3.8) is 0 Å². The number of likely N-dealkylation sites (tertiary alicyclic amines) is 1. The van der Waals surface area contributed by atoms with Crippen LogP contribution >= 0.6 is 11.6 Å². The first-order chi connectivity index (χ1) is 8.77. The average Bonchev–Trinajstić information content (AvgIpc) is 2.42. The fourth-order valence-electron chi connectivity index (χ4n) is 2.20. The van der Waals surface area contributed by atoms with Crippen LogP contribution in [0.2, 0.25) is 5.02 Å². The minimum absolute atomic E-state index is 0.196. The summed E-state index contributed by atoms with van der Waals surface area (Å²) < 4.78 is 0. The van der Waals surface area contributed by atoms with E-state index in [0.717, 1.165) is 36.5 Å². The molecule has 1 aromatic rings. The molecule has 0 saturated carbocycles. The number of nitrogens with zero attached hydrogens (tertiary/aromatic N) is 1. The lowest BCUT2D eigenvalue weighted by Gasteiger charge is -2.26. The predicted octanol–water partition coefficient (Wildman–Crippen LogP) is 2.44. The number of rotatable bonds is 4. The zero-order chi connectivity index (χ0) is 12.8. The molecule has 0 aromatic heterocycles. The van der Waals surface area contributed by atoms with Crippen LogP contribution < -0.4 is 5.32 Å². The van der Waals surface area contributed by atoms with Crippen LogP contribution in [0.1, 0.15) is 24.8 Å². The second kappa shape index (κ2) is 6.76. The summed E-state index contributed by atoms with van der Waals surface area (Å²) in [5.74, 6) is 0.196. The van der Waals surface area contributed by atoms with Crippen molar-refractivity contribution in [1.82, 2.24) is 10.2 Å². The minimum atomic E-state index is 0.196. The predicted molar refractivity (Wildman–Crippen MR) is 73.6 cm³/mol. The first-order valence-corrected chi connectivity index (χ1v) is 6.87. The molecule has 0 bridgehead atoms. The molecule has 0 atom stereocenters. The van der Waals surface area contributed by atoms with Gasteiger partial charge in [-0.1, -0.05) is 29.8 Å². The number of halogens is 1. The Bertz CT molecular complexity index is 403. The van der Waals surface area contributed by atoms with Crippen LogP contribution in [0, 0.1) is 0 Å². The van der Waals surface area contributed by atoms with Gasteiger partial charge in [0.25, 0.3) is 0 Å². The normalized spacial score (nSPS) is 15.7.